The van der Waals surface area contributed by atoms with Crippen LogP contribution in [0.5, 0.6) is 0 Å². The topological polar surface area (TPSA) is 81.9 Å². The van der Waals surface area contributed by atoms with Crippen LogP contribution in [0.1, 0.15) is 30.0 Å². The molecule has 0 saturated heterocycles. The Labute approximate surface area is 116 Å². The van der Waals surface area contributed by atoms with E-state index in [-0.39, 0.29) is 0 Å². The van der Waals surface area contributed by atoms with Crippen molar-refractivity contribution in [3.05, 3.63) is 28.2 Å². The number of nitrogens with two attached hydrogens (primary N) is 1. The summed E-state index contributed by atoms with van der Waals surface area (Å²) in [5.41, 5.74) is 8.10. The summed E-state index contributed by atoms with van der Waals surface area (Å²) in [7, 11) is 3.55. The van der Waals surface area contributed by atoms with E-state index >= 15 is 0 Å². The van der Waals surface area contributed by atoms with Crippen LogP contribution < -0.4 is 5.73 Å². The van der Waals surface area contributed by atoms with E-state index < -0.39 is 6.10 Å². The van der Waals surface area contributed by atoms with Gasteiger partial charge in [-0.15, -0.1) is 0 Å². The lowest BCUT2D eigenvalue weighted by Crippen LogP contribution is -2.09. The summed E-state index contributed by atoms with van der Waals surface area (Å²) in [5.74, 6) is 0.460. The molecule has 0 aliphatic heterocycles. The van der Waals surface area contributed by atoms with Crippen molar-refractivity contribution < 1.29 is 5.11 Å². The lowest BCUT2D eigenvalue weighted by Gasteiger charge is -2.10. The molecule has 0 bridgehead atoms. The number of rotatable bonds is 4. The lowest BCUT2D eigenvalue weighted by molar-refractivity contribution is 0.176. The van der Waals surface area contributed by atoms with Crippen LogP contribution in [0.2, 0.25) is 5.02 Å². The van der Waals surface area contributed by atoms with Crippen molar-refractivity contribution in [3.8, 4) is 0 Å². The van der Waals surface area contributed by atoms with Crippen LogP contribution in [-0.4, -0.2) is 24.7 Å². The fourth-order valence-corrected chi connectivity index (χ4v) is 2.43. The summed E-state index contributed by atoms with van der Waals surface area (Å²) >= 11 is 6.26. The Hall–Kier alpha value is -1.53. The molecule has 0 aliphatic carbocycles. The number of anilines is 1. The monoisotopic (exact) mass is 283 g/mol. The van der Waals surface area contributed by atoms with Crippen LogP contribution >= 0.6 is 11.6 Å². The number of aryl methyl sites for hydroxylation is 3. The summed E-state index contributed by atoms with van der Waals surface area (Å²) in [6, 6.07) is 0. The number of aliphatic hydroxyl groups excluding tert-OH is 1. The molecule has 0 aliphatic rings. The summed E-state index contributed by atoms with van der Waals surface area (Å²) < 4.78 is 3.23. The third-order valence-corrected chi connectivity index (χ3v) is 3.70. The van der Waals surface area contributed by atoms with Gasteiger partial charge in [0.05, 0.1) is 28.7 Å². The minimum absolute atomic E-state index is 0.359. The van der Waals surface area contributed by atoms with Gasteiger partial charge in [-0.2, -0.15) is 10.2 Å². The number of nitrogens with zero attached hydrogens (tertiary/aromatic N) is 4. The molecule has 0 radical (unpaired) electrons. The molecule has 1 unspecified atom stereocenters. The molecule has 3 N–H and O–H groups in total. The van der Waals surface area contributed by atoms with Gasteiger partial charge in [-0.1, -0.05) is 18.5 Å². The highest BCUT2D eigenvalue weighted by Crippen LogP contribution is 2.28. The Kier molecular flexibility index (Phi) is 3.82. The van der Waals surface area contributed by atoms with E-state index in [1.54, 1.807) is 17.9 Å². The molecule has 104 valence electrons. The van der Waals surface area contributed by atoms with E-state index in [1.807, 2.05) is 14.0 Å². The first-order valence-corrected chi connectivity index (χ1v) is 6.49. The molecule has 0 aromatic carbocycles. The highest BCUT2D eigenvalue weighted by molar-refractivity contribution is 6.31. The minimum atomic E-state index is -0.744. The molecule has 6 nitrogen and oxygen atoms in total. The molecule has 0 spiro atoms. The molecule has 1 atom stereocenters. The van der Waals surface area contributed by atoms with Crippen molar-refractivity contribution in [2.24, 2.45) is 14.1 Å². The summed E-state index contributed by atoms with van der Waals surface area (Å²) in [5, 5.41) is 19.2. The third kappa shape index (κ3) is 2.46. The molecule has 19 heavy (non-hydrogen) atoms. The van der Waals surface area contributed by atoms with Crippen molar-refractivity contribution in [2.45, 2.75) is 25.9 Å². The van der Waals surface area contributed by atoms with Crippen LogP contribution in [0, 0.1) is 0 Å². The molecular weight excluding hydrogens is 266 g/mol. The van der Waals surface area contributed by atoms with E-state index in [0.717, 1.165) is 17.8 Å². The first-order chi connectivity index (χ1) is 8.95. The number of hydrogen-bond donors (Lipinski definition) is 2. The van der Waals surface area contributed by atoms with E-state index in [9.17, 15) is 5.11 Å². The normalized spacial score (nSPS) is 12.9. The van der Waals surface area contributed by atoms with Gasteiger partial charge in [0.2, 0.25) is 0 Å². The maximum atomic E-state index is 10.3. The van der Waals surface area contributed by atoms with Crippen molar-refractivity contribution in [3.63, 3.8) is 0 Å². The van der Waals surface area contributed by atoms with Gasteiger partial charge in [0.1, 0.15) is 5.82 Å². The predicted molar refractivity (Wildman–Crippen MR) is 73.9 cm³/mol. The van der Waals surface area contributed by atoms with Gasteiger partial charge in [-0.25, -0.2) is 0 Å². The average Bonchev–Trinajstić information content (AvgIpc) is 2.84. The van der Waals surface area contributed by atoms with Gasteiger partial charge >= 0.3 is 0 Å². The highest BCUT2D eigenvalue weighted by Gasteiger charge is 2.20. The van der Waals surface area contributed by atoms with Crippen molar-refractivity contribution in [2.75, 3.05) is 5.73 Å². The second-order valence-electron chi connectivity index (χ2n) is 4.51. The Balaban J connectivity index is 2.26. The number of halogens is 1. The van der Waals surface area contributed by atoms with Crippen molar-refractivity contribution in [1.82, 2.24) is 19.6 Å². The van der Waals surface area contributed by atoms with Crippen molar-refractivity contribution >= 4 is 17.4 Å². The average molecular weight is 284 g/mol. The zero-order valence-electron chi connectivity index (χ0n) is 11.3. The van der Waals surface area contributed by atoms with E-state index in [0.29, 0.717) is 22.8 Å². The van der Waals surface area contributed by atoms with Crippen LogP contribution in [0.3, 0.4) is 0 Å². The minimum Gasteiger partial charge on any atom is -0.388 e. The summed E-state index contributed by atoms with van der Waals surface area (Å²) in [6.07, 6.45) is 1.95. The summed E-state index contributed by atoms with van der Waals surface area (Å²) in [6.45, 7) is 1.99. The van der Waals surface area contributed by atoms with Gasteiger partial charge in [-0.05, 0) is 6.42 Å². The zero-order valence-corrected chi connectivity index (χ0v) is 12.0. The first kappa shape index (κ1) is 13.9. The number of aromatic nitrogens is 4. The molecule has 2 aromatic rings. The van der Waals surface area contributed by atoms with Crippen molar-refractivity contribution in [1.29, 1.82) is 0 Å². The molecule has 2 heterocycles. The molecular formula is C12H18ClN5O. The van der Waals surface area contributed by atoms with Crippen LogP contribution in [-0.2, 0) is 26.9 Å². The third-order valence-electron chi connectivity index (χ3n) is 3.26. The van der Waals surface area contributed by atoms with E-state index in [1.165, 1.54) is 4.68 Å². The smallest absolute Gasteiger partial charge is 0.127 e. The largest absolute Gasteiger partial charge is 0.388 e. The number of nitrogen functional groups attached to an aromatic ring is 1. The maximum absolute atomic E-state index is 10.3. The van der Waals surface area contributed by atoms with Gasteiger partial charge in [0.25, 0.3) is 0 Å². The highest BCUT2D eigenvalue weighted by atomic mass is 35.5. The molecule has 7 heteroatoms. The standard InChI is InChI=1S/C12H18ClN5O/c1-4-8-11(13)9(17(2)16-8)5-10(19)7-6-15-18(3)12(7)14/h6,10,19H,4-5,14H2,1-3H3. The Morgan fingerprint density at radius 2 is 2.11 bits per heavy atom. The Morgan fingerprint density at radius 1 is 1.42 bits per heavy atom. The zero-order chi connectivity index (χ0) is 14.2. The van der Waals surface area contributed by atoms with Gasteiger partial charge in [0, 0.05) is 26.1 Å². The molecule has 0 amide bonds. The van der Waals surface area contributed by atoms with Crippen LogP contribution in [0.25, 0.3) is 0 Å². The van der Waals surface area contributed by atoms with E-state index in [4.69, 9.17) is 17.3 Å². The van der Waals surface area contributed by atoms with Gasteiger partial charge in [-0.3, -0.25) is 9.36 Å². The number of aliphatic hydroxyl groups is 1. The van der Waals surface area contributed by atoms with Crippen LogP contribution in [0.4, 0.5) is 5.82 Å². The fraction of sp³-hybridized carbons (Fsp3) is 0.500. The predicted octanol–water partition coefficient (Wildman–Crippen LogP) is 1.23. The maximum Gasteiger partial charge on any atom is 0.127 e. The van der Waals surface area contributed by atoms with E-state index in [2.05, 4.69) is 10.2 Å². The number of hydrogen-bond acceptors (Lipinski definition) is 4. The molecule has 0 fully saturated rings. The Bertz CT molecular complexity index is 589. The SMILES string of the molecule is CCc1nn(C)c(CC(O)c2cnn(C)c2N)c1Cl. The fourth-order valence-electron chi connectivity index (χ4n) is 2.06. The summed E-state index contributed by atoms with van der Waals surface area (Å²) in [4.78, 5) is 0. The second-order valence-corrected chi connectivity index (χ2v) is 4.89. The lowest BCUT2D eigenvalue weighted by atomic mass is 10.1. The Morgan fingerprint density at radius 3 is 2.58 bits per heavy atom. The van der Waals surface area contributed by atoms with Gasteiger partial charge in [0.15, 0.2) is 0 Å². The molecule has 2 aromatic heterocycles. The first-order valence-electron chi connectivity index (χ1n) is 6.11. The van der Waals surface area contributed by atoms with Crippen LogP contribution in [0.15, 0.2) is 6.20 Å². The second kappa shape index (κ2) is 5.22. The quantitative estimate of drug-likeness (QED) is 0.884. The molecule has 2 rings (SSSR count). The van der Waals surface area contributed by atoms with Gasteiger partial charge < -0.3 is 10.8 Å². The molecule has 0 saturated carbocycles.